The van der Waals surface area contributed by atoms with Crippen molar-refractivity contribution in [2.24, 2.45) is 0 Å². The molecule has 2 aromatic carbocycles. The molecule has 1 N–H and O–H groups in total. The molecule has 0 amide bonds. The minimum Gasteiger partial charge on any atom is -1.00 e. The van der Waals surface area contributed by atoms with Crippen LogP contribution in [-0.4, -0.2) is 21.5 Å². The normalized spacial score (nSPS) is 13.8. The largest absolute Gasteiger partial charge is 1.00 e. The number of hydrogen-bond acceptors (Lipinski definition) is 2. The Morgan fingerprint density at radius 1 is 1.00 bits per heavy atom. The molecule has 0 spiro atoms. The van der Waals surface area contributed by atoms with E-state index in [9.17, 15) is 5.11 Å². The topological polar surface area (TPSA) is 29.5 Å². The molecule has 0 unspecified atom stereocenters. The molecule has 0 atom stereocenters. The van der Waals surface area contributed by atoms with Crippen molar-refractivity contribution in [3.8, 4) is 11.1 Å². The average Bonchev–Trinajstić information content (AvgIpc) is 3.24. The molecule has 0 aromatic heterocycles. The summed E-state index contributed by atoms with van der Waals surface area (Å²) in [7, 11) is 0. The molecule has 0 aliphatic heterocycles. The molecule has 2 nitrogen and oxygen atoms in total. The Morgan fingerprint density at radius 2 is 1.57 bits per heavy atom. The molecule has 5 heteroatoms. The van der Waals surface area contributed by atoms with Crippen LogP contribution in [0.5, 0.6) is 0 Å². The summed E-state index contributed by atoms with van der Waals surface area (Å²) in [6, 6.07) is 17.8. The van der Waals surface area contributed by atoms with Gasteiger partial charge in [-0.15, -0.1) is 0 Å². The fraction of sp³-hybridized carbons (Fsp3) is 0.261. The quantitative estimate of drug-likeness (QED) is 0.565. The van der Waals surface area contributed by atoms with Crippen LogP contribution in [0.25, 0.3) is 11.1 Å². The van der Waals surface area contributed by atoms with E-state index in [-0.39, 0.29) is 31.4 Å². The second-order valence-corrected chi connectivity index (χ2v) is 14.4. The van der Waals surface area contributed by atoms with Crippen LogP contribution in [-0.2, 0) is 26.0 Å². The van der Waals surface area contributed by atoms with E-state index in [0.29, 0.717) is 10.2 Å². The van der Waals surface area contributed by atoms with Gasteiger partial charge in [-0.2, -0.15) is 0 Å². The summed E-state index contributed by atoms with van der Waals surface area (Å²) in [5, 5.41) is 9.17. The Morgan fingerprint density at radius 3 is 2.11 bits per heavy atom. The minimum atomic E-state index is -2.19. The molecule has 0 radical (unpaired) electrons. The Labute approximate surface area is 187 Å². The van der Waals surface area contributed by atoms with Crippen LogP contribution in [0.3, 0.4) is 0 Å². The molecule has 0 saturated heterocycles. The predicted molar refractivity (Wildman–Crippen MR) is 104 cm³/mol. The van der Waals surface area contributed by atoms with Crippen molar-refractivity contribution in [2.45, 2.75) is 23.9 Å². The SMILES string of the molecule is C[C](C)=[Zr+2]([C]1=C(OCCO)C=CC1)[CH]1c2ccccc2-c2ccccc21.[Cl-].[Cl-]. The van der Waals surface area contributed by atoms with E-state index in [1.807, 2.05) is 0 Å². The molecule has 4 rings (SSSR count). The summed E-state index contributed by atoms with van der Waals surface area (Å²) >= 11 is -2.19. The number of ether oxygens (including phenoxy) is 1. The number of aliphatic hydroxyl groups is 1. The summed E-state index contributed by atoms with van der Waals surface area (Å²) in [5.74, 6) is 1.02. The molecule has 2 aliphatic rings. The second-order valence-electron chi connectivity index (χ2n) is 7.04. The van der Waals surface area contributed by atoms with Crippen molar-refractivity contribution in [3.63, 3.8) is 0 Å². The van der Waals surface area contributed by atoms with Gasteiger partial charge >= 0.3 is 163 Å². The standard InChI is InChI=1S/C13H9.C7H9O2.C3H6.2ClH.Zr/c1-3-7-12-10(5-1)9-11-6-2-4-8-13(11)12;8-5-6-9-7-3-1-2-4-7;1-3-2;;;/h1-9H;1,3,8H,2,5-6H2;1-2H3;2*1H;/q;;;;;+2/p-2. The molecule has 0 saturated carbocycles. The van der Waals surface area contributed by atoms with Crippen LogP contribution in [0, 0.1) is 0 Å². The maximum atomic E-state index is 9.17. The van der Waals surface area contributed by atoms with Gasteiger partial charge in [-0.25, -0.2) is 0 Å². The van der Waals surface area contributed by atoms with Gasteiger partial charge in [-0.3, -0.25) is 0 Å². The third-order valence-electron chi connectivity index (χ3n) is 5.22. The van der Waals surface area contributed by atoms with Crippen LogP contribution in [0.2, 0.25) is 0 Å². The van der Waals surface area contributed by atoms with Gasteiger partial charge in [0.2, 0.25) is 0 Å². The first-order valence-electron chi connectivity index (χ1n) is 9.21. The van der Waals surface area contributed by atoms with Crippen LogP contribution in [0.1, 0.15) is 35.0 Å². The van der Waals surface area contributed by atoms with Gasteiger partial charge in [-0.1, -0.05) is 0 Å². The van der Waals surface area contributed by atoms with Crippen LogP contribution in [0.15, 0.2) is 69.7 Å². The minimum absolute atomic E-state index is 0. The molecular weight excluding hydrogens is 470 g/mol. The summed E-state index contributed by atoms with van der Waals surface area (Å²) in [4.78, 5) is 0. The van der Waals surface area contributed by atoms with Gasteiger partial charge in [0.05, 0.1) is 0 Å². The molecule has 146 valence electrons. The fourth-order valence-electron chi connectivity index (χ4n) is 4.25. The van der Waals surface area contributed by atoms with Crippen molar-refractivity contribution < 1.29 is 55.9 Å². The number of hydrogen-bond donors (Lipinski definition) is 1. The van der Waals surface area contributed by atoms with Crippen molar-refractivity contribution >= 4 is 3.21 Å². The first kappa shape index (κ1) is 23.3. The molecule has 0 fully saturated rings. The molecule has 0 bridgehead atoms. The van der Waals surface area contributed by atoms with Gasteiger partial charge in [0.25, 0.3) is 0 Å². The number of rotatable bonds is 5. The van der Waals surface area contributed by atoms with E-state index in [1.54, 1.807) is 3.21 Å². The maximum absolute atomic E-state index is 9.17. The zero-order valence-corrected chi connectivity index (χ0v) is 20.1. The third kappa shape index (κ3) is 4.14. The molecule has 2 aromatic rings. The zero-order chi connectivity index (χ0) is 18.1. The van der Waals surface area contributed by atoms with Crippen molar-refractivity contribution in [3.05, 3.63) is 80.9 Å². The molecular formula is C23H24Cl2O2Zr. The second kappa shape index (κ2) is 10.2. The summed E-state index contributed by atoms with van der Waals surface area (Å²) in [6.07, 6.45) is 5.33. The van der Waals surface area contributed by atoms with Crippen molar-refractivity contribution in [1.29, 1.82) is 0 Å². The van der Waals surface area contributed by atoms with Gasteiger partial charge in [-0.05, 0) is 0 Å². The molecule has 28 heavy (non-hydrogen) atoms. The van der Waals surface area contributed by atoms with Gasteiger partial charge in [0, 0.05) is 0 Å². The summed E-state index contributed by atoms with van der Waals surface area (Å²) in [5.41, 5.74) is 5.78. The Hall–Kier alpha value is -0.987. The first-order chi connectivity index (χ1) is 12.7. The number of halogens is 2. The number of fused-ring (bicyclic) bond motifs is 3. The van der Waals surface area contributed by atoms with Crippen molar-refractivity contribution in [2.75, 3.05) is 13.2 Å². The first-order valence-corrected chi connectivity index (χ1v) is 13.1. The summed E-state index contributed by atoms with van der Waals surface area (Å²) in [6.45, 7) is 5.06. The summed E-state index contributed by atoms with van der Waals surface area (Å²) < 4.78 is 9.54. The van der Waals surface area contributed by atoms with E-state index in [4.69, 9.17) is 4.74 Å². The predicted octanol–water partition coefficient (Wildman–Crippen LogP) is -1.22. The monoisotopic (exact) mass is 492 g/mol. The maximum Gasteiger partial charge on any atom is -1.00 e. The van der Waals surface area contributed by atoms with E-state index in [0.717, 1.165) is 12.2 Å². The van der Waals surface area contributed by atoms with Crippen LogP contribution < -0.4 is 24.8 Å². The zero-order valence-electron chi connectivity index (χ0n) is 16.1. The third-order valence-corrected chi connectivity index (χ3v) is 13.5. The van der Waals surface area contributed by atoms with Crippen molar-refractivity contribution in [1.82, 2.24) is 0 Å². The Bertz CT molecular complexity index is 898. The Kier molecular flexibility index (Phi) is 8.46. The van der Waals surface area contributed by atoms with E-state index in [2.05, 4.69) is 74.5 Å². The van der Waals surface area contributed by atoms with Gasteiger partial charge in [0.15, 0.2) is 0 Å². The van der Waals surface area contributed by atoms with E-state index >= 15 is 0 Å². The van der Waals surface area contributed by atoms with Crippen LogP contribution in [0.4, 0.5) is 0 Å². The number of allylic oxidation sites excluding steroid dienone is 3. The molecule has 2 aliphatic carbocycles. The Balaban J connectivity index is 0.00000140. The fourth-order valence-corrected chi connectivity index (χ4v) is 12.6. The van der Waals surface area contributed by atoms with Gasteiger partial charge in [0.1, 0.15) is 0 Å². The smallest absolute Gasteiger partial charge is 1.00 e. The van der Waals surface area contributed by atoms with Gasteiger partial charge < -0.3 is 24.8 Å². The molecule has 0 heterocycles. The average molecular weight is 495 g/mol. The number of aliphatic hydroxyl groups excluding tert-OH is 1. The van der Waals surface area contributed by atoms with E-state index < -0.39 is 21.3 Å². The number of benzene rings is 2. The van der Waals surface area contributed by atoms with E-state index in [1.165, 1.54) is 25.5 Å². The van der Waals surface area contributed by atoms with Crippen LogP contribution >= 0.6 is 0 Å².